The molecule has 0 spiro atoms. The molecule has 0 aliphatic heterocycles. The van der Waals surface area contributed by atoms with Crippen molar-refractivity contribution in [2.75, 3.05) is 13.2 Å². The van der Waals surface area contributed by atoms with Crippen LogP contribution in [-0.4, -0.2) is 30.1 Å². The predicted octanol–water partition coefficient (Wildman–Crippen LogP) is 2.03. The Hall–Kier alpha value is -2.83. The second-order valence-electron chi connectivity index (χ2n) is 4.62. The molecular formula is C16H17NO6. The molecular weight excluding hydrogens is 302 g/mol. The van der Waals surface area contributed by atoms with E-state index in [0.29, 0.717) is 17.9 Å². The van der Waals surface area contributed by atoms with Crippen LogP contribution in [0.15, 0.2) is 23.1 Å². The highest BCUT2D eigenvalue weighted by Gasteiger charge is 2.17. The summed E-state index contributed by atoms with van der Waals surface area (Å²) >= 11 is 0. The smallest absolute Gasteiger partial charge is 0.343 e. The van der Waals surface area contributed by atoms with Gasteiger partial charge in [-0.05, 0) is 19.9 Å². The van der Waals surface area contributed by atoms with Gasteiger partial charge in [-0.1, -0.05) is 0 Å². The summed E-state index contributed by atoms with van der Waals surface area (Å²) in [6.45, 7) is 5.22. The van der Waals surface area contributed by atoms with Gasteiger partial charge in [-0.2, -0.15) is 0 Å². The van der Waals surface area contributed by atoms with Gasteiger partial charge in [0.15, 0.2) is 11.5 Å². The third kappa shape index (κ3) is 3.50. The molecule has 0 aliphatic carbocycles. The van der Waals surface area contributed by atoms with Crippen LogP contribution in [0.2, 0.25) is 0 Å². The summed E-state index contributed by atoms with van der Waals surface area (Å²) < 4.78 is 15.3. The van der Waals surface area contributed by atoms with Gasteiger partial charge in [0.2, 0.25) is 5.43 Å². The van der Waals surface area contributed by atoms with E-state index in [2.05, 4.69) is 4.98 Å². The molecule has 0 amide bonds. The molecule has 2 rings (SSSR count). The average Bonchev–Trinajstić information content (AvgIpc) is 2.49. The van der Waals surface area contributed by atoms with Crippen LogP contribution in [-0.2, 0) is 9.53 Å². The van der Waals surface area contributed by atoms with Crippen molar-refractivity contribution in [2.24, 2.45) is 0 Å². The van der Waals surface area contributed by atoms with Crippen molar-refractivity contribution >= 4 is 22.8 Å². The molecule has 0 saturated carbocycles. The van der Waals surface area contributed by atoms with Crippen molar-refractivity contribution in [2.45, 2.75) is 20.8 Å². The van der Waals surface area contributed by atoms with Crippen molar-refractivity contribution in [3.05, 3.63) is 34.1 Å². The highest BCUT2D eigenvalue weighted by molar-refractivity contribution is 5.94. The van der Waals surface area contributed by atoms with Crippen LogP contribution in [0.4, 0.5) is 0 Å². The van der Waals surface area contributed by atoms with E-state index in [1.807, 2.05) is 0 Å². The van der Waals surface area contributed by atoms with Gasteiger partial charge in [0.1, 0.15) is 5.56 Å². The molecule has 1 aromatic carbocycles. The molecule has 7 nitrogen and oxygen atoms in total. The molecule has 23 heavy (non-hydrogen) atoms. The maximum absolute atomic E-state index is 12.4. The summed E-state index contributed by atoms with van der Waals surface area (Å²) in [6, 6.07) is 2.93. The molecule has 122 valence electrons. The number of pyridine rings is 1. The van der Waals surface area contributed by atoms with Gasteiger partial charge in [0.25, 0.3) is 0 Å². The first kappa shape index (κ1) is 16.5. The Balaban J connectivity index is 2.63. The third-order valence-electron chi connectivity index (χ3n) is 2.99. The van der Waals surface area contributed by atoms with Crippen molar-refractivity contribution in [1.82, 2.24) is 4.98 Å². The maximum atomic E-state index is 12.4. The maximum Gasteiger partial charge on any atom is 0.343 e. The molecule has 0 bridgehead atoms. The highest BCUT2D eigenvalue weighted by Crippen LogP contribution is 2.31. The summed E-state index contributed by atoms with van der Waals surface area (Å²) in [4.78, 5) is 38.3. The SMILES string of the molecule is CCOC(=O)c1c[nH]c2cc(OCC)c(OC(C)=O)cc2c1=O. The molecule has 2 aromatic rings. The Kier molecular flexibility index (Phi) is 5.00. The van der Waals surface area contributed by atoms with Gasteiger partial charge in [-0.15, -0.1) is 0 Å². The zero-order valence-electron chi connectivity index (χ0n) is 13.1. The Morgan fingerprint density at radius 1 is 1.13 bits per heavy atom. The summed E-state index contributed by atoms with van der Waals surface area (Å²) in [5, 5.41) is 0.204. The number of nitrogens with one attached hydrogen (secondary N) is 1. The number of benzene rings is 1. The average molecular weight is 319 g/mol. The number of aromatic nitrogens is 1. The van der Waals surface area contributed by atoms with E-state index in [0.717, 1.165) is 0 Å². The van der Waals surface area contributed by atoms with Crippen LogP contribution in [0.25, 0.3) is 10.9 Å². The second-order valence-corrected chi connectivity index (χ2v) is 4.62. The van der Waals surface area contributed by atoms with Crippen molar-refractivity contribution in [3.63, 3.8) is 0 Å². The Labute approximate surface area is 132 Å². The van der Waals surface area contributed by atoms with Gasteiger partial charge >= 0.3 is 11.9 Å². The van der Waals surface area contributed by atoms with Gasteiger partial charge < -0.3 is 19.2 Å². The van der Waals surface area contributed by atoms with Crippen molar-refractivity contribution in [1.29, 1.82) is 0 Å². The monoisotopic (exact) mass is 319 g/mol. The van der Waals surface area contributed by atoms with Crippen LogP contribution in [0, 0.1) is 0 Å². The van der Waals surface area contributed by atoms with Crippen molar-refractivity contribution < 1.29 is 23.8 Å². The van der Waals surface area contributed by atoms with E-state index in [-0.39, 0.29) is 23.3 Å². The minimum Gasteiger partial charge on any atom is -0.490 e. The number of fused-ring (bicyclic) bond motifs is 1. The zero-order valence-corrected chi connectivity index (χ0v) is 13.1. The van der Waals surface area contributed by atoms with E-state index >= 15 is 0 Å². The standard InChI is InChI=1S/C16H17NO6/c1-4-21-13-7-12-10(6-14(13)23-9(3)18)15(19)11(8-17-12)16(20)22-5-2/h6-8H,4-5H2,1-3H3,(H,17,19). The van der Waals surface area contributed by atoms with Crippen LogP contribution in [0.3, 0.4) is 0 Å². The van der Waals surface area contributed by atoms with Gasteiger partial charge in [-0.25, -0.2) is 4.79 Å². The van der Waals surface area contributed by atoms with E-state index in [1.54, 1.807) is 19.9 Å². The van der Waals surface area contributed by atoms with E-state index in [1.165, 1.54) is 19.2 Å². The fraction of sp³-hybridized carbons (Fsp3) is 0.312. The summed E-state index contributed by atoms with van der Waals surface area (Å²) in [5.74, 6) is -0.796. The number of ether oxygens (including phenoxy) is 3. The summed E-state index contributed by atoms with van der Waals surface area (Å²) in [6.07, 6.45) is 1.30. The van der Waals surface area contributed by atoms with Crippen LogP contribution in [0.1, 0.15) is 31.1 Å². The molecule has 0 fully saturated rings. The van der Waals surface area contributed by atoms with E-state index < -0.39 is 17.4 Å². The third-order valence-corrected chi connectivity index (χ3v) is 2.99. The predicted molar refractivity (Wildman–Crippen MR) is 83.0 cm³/mol. The number of carbonyl (C=O) groups is 2. The molecule has 1 N–H and O–H groups in total. The topological polar surface area (TPSA) is 94.7 Å². The molecule has 1 heterocycles. The van der Waals surface area contributed by atoms with Crippen molar-refractivity contribution in [3.8, 4) is 11.5 Å². The lowest BCUT2D eigenvalue weighted by atomic mass is 10.1. The molecule has 0 saturated heterocycles. The lowest BCUT2D eigenvalue weighted by Crippen LogP contribution is -2.18. The van der Waals surface area contributed by atoms with E-state index in [9.17, 15) is 14.4 Å². The van der Waals surface area contributed by atoms with Crippen LogP contribution >= 0.6 is 0 Å². The second kappa shape index (κ2) is 6.95. The number of carbonyl (C=O) groups excluding carboxylic acids is 2. The van der Waals surface area contributed by atoms with Gasteiger partial charge in [0.05, 0.1) is 24.1 Å². The molecule has 0 unspecified atom stereocenters. The highest BCUT2D eigenvalue weighted by atomic mass is 16.6. The minimum absolute atomic E-state index is 0.114. The Morgan fingerprint density at radius 3 is 2.48 bits per heavy atom. The number of hydrogen-bond acceptors (Lipinski definition) is 6. The molecule has 0 atom stereocenters. The lowest BCUT2D eigenvalue weighted by molar-refractivity contribution is -0.132. The fourth-order valence-corrected chi connectivity index (χ4v) is 2.09. The lowest BCUT2D eigenvalue weighted by Gasteiger charge is -2.11. The van der Waals surface area contributed by atoms with Crippen LogP contribution < -0.4 is 14.9 Å². The molecule has 0 radical (unpaired) electrons. The normalized spacial score (nSPS) is 10.4. The largest absolute Gasteiger partial charge is 0.490 e. The number of aromatic amines is 1. The first-order valence-electron chi connectivity index (χ1n) is 7.15. The van der Waals surface area contributed by atoms with Gasteiger partial charge in [0, 0.05) is 19.2 Å². The number of H-pyrrole nitrogens is 1. The molecule has 0 aliphatic rings. The first-order valence-corrected chi connectivity index (χ1v) is 7.15. The quantitative estimate of drug-likeness (QED) is 0.669. The van der Waals surface area contributed by atoms with Crippen LogP contribution in [0.5, 0.6) is 11.5 Å². The first-order chi connectivity index (χ1) is 11.0. The summed E-state index contributed by atoms with van der Waals surface area (Å²) in [5.41, 5.74) is -0.159. The zero-order chi connectivity index (χ0) is 17.0. The Bertz CT molecular complexity index is 808. The van der Waals surface area contributed by atoms with Gasteiger partial charge in [-0.3, -0.25) is 9.59 Å². The number of esters is 2. The summed E-state index contributed by atoms with van der Waals surface area (Å²) in [7, 11) is 0. The molecule has 7 heteroatoms. The fourth-order valence-electron chi connectivity index (χ4n) is 2.09. The number of rotatable bonds is 5. The van der Waals surface area contributed by atoms with E-state index in [4.69, 9.17) is 14.2 Å². The Morgan fingerprint density at radius 2 is 1.87 bits per heavy atom. The molecule has 1 aromatic heterocycles. The minimum atomic E-state index is -0.710. The number of hydrogen-bond donors (Lipinski definition) is 1.